The molecule has 2 N–H and O–H groups in total. The van der Waals surface area contributed by atoms with E-state index in [2.05, 4.69) is 24.1 Å². The van der Waals surface area contributed by atoms with E-state index < -0.39 is 0 Å². The highest BCUT2D eigenvalue weighted by Gasteiger charge is 2.19. The van der Waals surface area contributed by atoms with Crippen LogP contribution < -0.4 is 15.6 Å². The van der Waals surface area contributed by atoms with Gasteiger partial charge in [0.2, 0.25) is 5.91 Å². The number of benzene rings is 1. The van der Waals surface area contributed by atoms with Crippen molar-refractivity contribution in [2.24, 2.45) is 5.92 Å². The van der Waals surface area contributed by atoms with Crippen LogP contribution in [-0.2, 0) is 11.2 Å². The Morgan fingerprint density at radius 3 is 2.43 bits per heavy atom. The van der Waals surface area contributed by atoms with Gasteiger partial charge >= 0.3 is 0 Å². The SMILES string of the molecule is COc1ccc(C(NC(=O)CCc2c(C)[nH]c(=O)c(C#N)c2C)C(C)C)cc1. The summed E-state index contributed by atoms with van der Waals surface area (Å²) in [6, 6.07) is 9.52. The third-order valence-electron chi connectivity index (χ3n) is 4.98. The maximum atomic E-state index is 12.6. The van der Waals surface area contributed by atoms with E-state index in [1.54, 1.807) is 21.0 Å². The second-order valence-corrected chi connectivity index (χ2v) is 7.23. The molecule has 148 valence electrons. The molecule has 6 nitrogen and oxygen atoms in total. The van der Waals surface area contributed by atoms with Gasteiger partial charge in [0.15, 0.2) is 0 Å². The molecule has 0 fully saturated rings. The van der Waals surface area contributed by atoms with Gasteiger partial charge in [-0.05, 0) is 55.0 Å². The molecule has 1 heterocycles. The smallest absolute Gasteiger partial charge is 0.266 e. The minimum Gasteiger partial charge on any atom is -0.497 e. The summed E-state index contributed by atoms with van der Waals surface area (Å²) in [5.74, 6) is 0.923. The van der Waals surface area contributed by atoms with Gasteiger partial charge in [-0.3, -0.25) is 9.59 Å². The minimum atomic E-state index is -0.384. The summed E-state index contributed by atoms with van der Waals surface area (Å²) in [5.41, 5.74) is 2.94. The average molecular weight is 381 g/mol. The predicted molar refractivity (Wildman–Crippen MR) is 108 cm³/mol. The quantitative estimate of drug-likeness (QED) is 0.769. The van der Waals surface area contributed by atoms with Crippen molar-refractivity contribution in [3.05, 3.63) is 62.6 Å². The van der Waals surface area contributed by atoms with Crippen molar-refractivity contribution in [3.63, 3.8) is 0 Å². The number of hydrogen-bond donors (Lipinski definition) is 2. The first-order chi connectivity index (χ1) is 13.3. The van der Waals surface area contributed by atoms with Crippen molar-refractivity contribution >= 4 is 5.91 Å². The maximum Gasteiger partial charge on any atom is 0.266 e. The molecule has 0 aliphatic heterocycles. The van der Waals surface area contributed by atoms with E-state index in [1.807, 2.05) is 30.3 Å². The van der Waals surface area contributed by atoms with Gasteiger partial charge in [-0.15, -0.1) is 0 Å². The normalized spacial score (nSPS) is 11.8. The number of aromatic amines is 1. The molecule has 2 aromatic rings. The molecular weight excluding hydrogens is 354 g/mol. The van der Waals surface area contributed by atoms with Crippen molar-refractivity contribution in [1.29, 1.82) is 5.26 Å². The molecule has 0 aliphatic carbocycles. The molecule has 6 heteroatoms. The molecule has 1 amide bonds. The number of hydrogen-bond acceptors (Lipinski definition) is 4. The molecule has 0 aliphatic rings. The number of carbonyl (C=O) groups excluding carboxylic acids is 1. The van der Waals surface area contributed by atoms with Crippen LogP contribution in [0.2, 0.25) is 0 Å². The summed E-state index contributed by atoms with van der Waals surface area (Å²) < 4.78 is 5.19. The number of H-pyrrole nitrogens is 1. The van der Waals surface area contributed by atoms with Gasteiger partial charge < -0.3 is 15.0 Å². The number of amides is 1. The van der Waals surface area contributed by atoms with Crippen LogP contribution in [0.1, 0.15) is 54.3 Å². The first-order valence-electron chi connectivity index (χ1n) is 9.34. The number of carbonyl (C=O) groups is 1. The number of pyridine rings is 1. The molecule has 0 saturated heterocycles. The van der Waals surface area contributed by atoms with E-state index in [-0.39, 0.29) is 35.4 Å². The second-order valence-electron chi connectivity index (χ2n) is 7.23. The summed E-state index contributed by atoms with van der Waals surface area (Å²) in [7, 11) is 1.62. The Kier molecular flexibility index (Phi) is 7.00. The van der Waals surface area contributed by atoms with Gasteiger partial charge in [0.05, 0.1) is 13.2 Å². The second kappa shape index (κ2) is 9.23. The minimum absolute atomic E-state index is 0.0713. The molecule has 1 aromatic carbocycles. The number of nitrogens with zero attached hydrogens (tertiary/aromatic N) is 1. The highest BCUT2D eigenvalue weighted by Crippen LogP contribution is 2.24. The first kappa shape index (κ1) is 21.2. The standard InChI is InChI=1S/C22H27N3O3/c1-13(2)21(16-6-8-17(28-5)9-7-16)25-20(26)11-10-18-14(3)19(12-23)22(27)24-15(18)4/h6-9,13,21H,10-11H2,1-5H3,(H,24,27)(H,25,26). The number of nitrogens with one attached hydrogen (secondary N) is 2. The molecular formula is C22H27N3O3. The van der Waals surface area contributed by atoms with Crippen molar-refractivity contribution < 1.29 is 9.53 Å². The number of ether oxygens (including phenoxy) is 1. The highest BCUT2D eigenvalue weighted by atomic mass is 16.5. The van der Waals surface area contributed by atoms with Gasteiger partial charge in [-0.2, -0.15) is 5.26 Å². The summed E-state index contributed by atoms with van der Waals surface area (Å²) >= 11 is 0. The van der Waals surface area contributed by atoms with E-state index in [4.69, 9.17) is 4.74 Å². The number of methoxy groups -OCH3 is 1. The summed E-state index contributed by atoms with van der Waals surface area (Å²) in [6.45, 7) is 7.66. The van der Waals surface area contributed by atoms with E-state index >= 15 is 0 Å². The molecule has 1 aromatic heterocycles. The van der Waals surface area contributed by atoms with Gasteiger partial charge in [0, 0.05) is 12.1 Å². The van der Waals surface area contributed by atoms with Gasteiger partial charge in [-0.25, -0.2) is 0 Å². The van der Waals surface area contributed by atoms with E-state index in [0.29, 0.717) is 17.7 Å². The average Bonchev–Trinajstić information content (AvgIpc) is 2.66. The first-order valence-corrected chi connectivity index (χ1v) is 9.34. The number of rotatable bonds is 7. The van der Waals surface area contributed by atoms with Crippen LogP contribution in [0.4, 0.5) is 0 Å². The lowest BCUT2D eigenvalue weighted by molar-refractivity contribution is -0.122. The lowest BCUT2D eigenvalue weighted by Crippen LogP contribution is -2.32. The van der Waals surface area contributed by atoms with E-state index in [1.165, 1.54) is 0 Å². The number of aromatic nitrogens is 1. The summed E-state index contributed by atoms with van der Waals surface area (Å²) in [5, 5.41) is 12.3. The van der Waals surface area contributed by atoms with E-state index in [9.17, 15) is 14.9 Å². The molecule has 0 bridgehead atoms. The van der Waals surface area contributed by atoms with Crippen molar-refractivity contribution in [1.82, 2.24) is 10.3 Å². The number of aryl methyl sites for hydroxylation is 1. The third-order valence-corrected chi connectivity index (χ3v) is 4.98. The lowest BCUT2D eigenvalue weighted by Gasteiger charge is -2.23. The van der Waals surface area contributed by atoms with Crippen LogP contribution in [0, 0.1) is 31.1 Å². The zero-order valence-corrected chi connectivity index (χ0v) is 17.1. The molecule has 28 heavy (non-hydrogen) atoms. The lowest BCUT2D eigenvalue weighted by atomic mass is 9.95. The largest absolute Gasteiger partial charge is 0.497 e. The van der Waals surface area contributed by atoms with Crippen LogP contribution >= 0.6 is 0 Å². The topological polar surface area (TPSA) is 95.0 Å². The Bertz CT molecular complexity index is 937. The Labute approximate surface area is 165 Å². The zero-order chi connectivity index (χ0) is 20.8. The van der Waals surface area contributed by atoms with Crippen molar-refractivity contribution in [2.45, 2.75) is 46.6 Å². The Hall–Kier alpha value is -3.07. The fourth-order valence-electron chi connectivity index (χ4n) is 3.35. The van der Waals surface area contributed by atoms with Gasteiger partial charge in [0.1, 0.15) is 17.4 Å². The number of nitriles is 1. The van der Waals surface area contributed by atoms with Crippen LogP contribution in [0.25, 0.3) is 0 Å². The molecule has 0 saturated carbocycles. The summed E-state index contributed by atoms with van der Waals surface area (Å²) in [6.07, 6.45) is 0.736. The van der Waals surface area contributed by atoms with Gasteiger partial charge in [0.25, 0.3) is 5.56 Å². The molecule has 0 spiro atoms. The molecule has 1 atom stereocenters. The zero-order valence-electron chi connectivity index (χ0n) is 17.1. The Balaban J connectivity index is 2.12. The Morgan fingerprint density at radius 2 is 1.89 bits per heavy atom. The fraction of sp³-hybridized carbons (Fsp3) is 0.409. The molecule has 2 rings (SSSR count). The molecule has 0 radical (unpaired) electrons. The maximum absolute atomic E-state index is 12.6. The fourth-order valence-corrected chi connectivity index (χ4v) is 3.35. The highest BCUT2D eigenvalue weighted by molar-refractivity contribution is 5.77. The van der Waals surface area contributed by atoms with Crippen LogP contribution in [-0.4, -0.2) is 18.0 Å². The van der Waals surface area contributed by atoms with Crippen molar-refractivity contribution in [3.8, 4) is 11.8 Å². The third kappa shape index (κ3) is 4.80. The summed E-state index contributed by atoms with van der Waals surface area (Å²) in [4.78, 5) is 27.1. The Morgan fingerprint density at radius 1 is 1.25 bits per heavy atom. The predicted octanol–water partition coefficient (Wildman–Crippen LogP) is 3.32. The molecule has 1 unspecified atom stereocenters. The van der Waals surface area contributed by atoms with Crippen LogP contribution in [0.15, 0.2) is 29.1 Å². The van der Waals surface area contributed by atoms with Gasteiger partial charge in [-0.1, -0.05) is 26.0 Å². The van der Waals surface area contributed by atoms with E-state index in [0.717, 1.165) is 16.9 Å². The van der Waals surface area contributed by atoms with Crippen LogP contribution in [0.3, 0.4) is 0 Å². The monoisotopic (exact) mass is 381 g/mol. The van der Waals surface area contributed by atoms with Crippen molar-refractivity contribution in [2.75, 3.05) is 7.11 Å². The van der Waals surface area contributed by atoms with Crippen LogP contribution in [0.5, 0.6) is 5.75 Å².